The number of aliphatic hydroxyl groups is 2. The van der Waals surface area contributed by atoms with Gasteiger partial charge in [0, 0.05) is 29.7 Å². The molecule has 1 aliphatic rings. The molecular weight excluding hydrogens is 238 g/mol. The average molecular weight is 257 g/mol. The van der Waals surface area contributed by atoms with E-state index in [0.29, 0.717) is 11.3 Å². The quantitative estimate of drug-likeness (QED) is 0.375. The molecule has 5 N–H and O–H groups in total. The van der Waals surface area contributed by atoms with Crippen LogP contribution in [-0.2, 0) is 0 Å². The number of nitrogens with two attached hydrogens (primary N) is 1. The summed E-state index contributed by atoms with van der Waals surface area (Å²) in [4.78, 5) is 10.9. The molecule has 0 fully saturated rings. The lowest BCUT2D eigenvalue weighted by atomic mass is 9.80. The van der Waals surface area contributed by atoms with Crippen LogP contribution in [0.2, 0.25) is 0 Å². The molecule has 1 rings (SSSR count). The maximum absolute atomic E-state index is 11.3. The van der Waals surface area contributed by atoms with E-state index < -0.39 is 24.3 Å². The van der Waals surface area contributed by atoms with Crippen LogP contribution < -0.4 is 11.1 Å². The second kappa shape index (κ2) is 5.47. The van der Waals surface area contributed by atoms with Crippen molar-refractivity contribution in [3.05, 3.63) is 33.5 Å². The predicted molar refractivity (Wildman–Crippen MR) is 66.3 cm³/mol. The van der Waals surface area contributed by atoms with Gasteiger partial charge in [0.1, 0.15) is 6.04 Å². The van der Waals surface area contributed by atoms with Crippen molar-refractivity contribution in [3.8, 4) is 0 Å². The normalized spacial score (nSPS) is 29.4. The molecule has 7 heteroatoms. The molecule has 102 valence electrons. The third kappa shape index (κ3) is 2.53. The number of nitrogens with zero attached hydrogens (tertiary/aromatic N) is 1. The highest BCUT2D eigenvalue weighted by atomic mass is 16.6. The van der Waals surface area contributed by atoms with Gasteiger partial charge >= 0.3 is 0 Å². The first-order chi connectivity index (χ1) is 8.33. The highest BCUT2D eigenvalue weighted by molar-refractivity contribution is 5.36. The third-order valence-electron chi connectivity index (χ3n) is 3.43. The topological polar surface area (TPSA) is 122 Å². The molecule has 3 atom stereocenters. The number of nitrogens with one attached hydrogen (secondary N) is 1. The largest absolute Gasteiger partial charge is 0.399 e. The zero-order valence-corrected chi connectivity index (χ0v) is 10.5. The van der Waals surface area contributed by atoms with Crippen molar-refractivity contribution >= 4 is 0 Å². The summed E-state index contributed by atoms with van der Waals surface area (Å²) in [6, 6.07) is -0.582. The summed E-state index contributed by atoms with van der Waals surface area (Å²) in [5, 5.41) is 32.2. The summed E-state index contributed by atoms with van der Waals surface area (Å²) in [5.41, 5.74) is 5.22. The Balaban J connectivity index is 2.92. The van der Waals surface area contributed by atoms with E-state index in [2.05, 4.69) is 5.32 Å². The van der Waals surface area contributed by atoms with E-state index in [-0.39, 0.29) is 11.5 Å². The van der Waals surface area contributed by atoms with Crippen LogP contribution in [0.1, 0.15) is 13.8 Å². The molecule has 0 spiro atoms. The van der Waals surface area contributed by atoms with Crippen LogP contribution in [0, 0.1) is 10.1 Å². The van der Waals surface area contributed by atoms with Gasteiger partial charge in [-0.1, -0.05) is 6.08 Å². The number of hydrogen-bond donors (Lipinski definition) is 4. The Morgan fingerprint density at radius 1 is 1.72 bits per heavy atom. The van der Waals surface area contributed by atoms with Crippen molar-refractivity contribution in [1.29, 1.82) is 0 Å². The lowest BCUT2D eigenvalue weighted by molar-refractivity contribution is -0.556. The maximum Gasteiger partial charge on any atom is 0.260 e. The molecule has 0 aromatic carbocycles. The molecular formula is C11H19N3O4. The molecule has 3 unspecified atom stereocenters. The predicted octanol–water partition coefficient (Wildman–Crippen LogP) is -0.864. The Morgan fingerprint density at radius 3 is 2.83 bits per heavy atom. The lowest BCUT2D eigenvalue weighted by Gasteiger charge is -2.33. The van der Waals surface area contributed by atoms with Crippen LogP contribution in [0.3, 0.4) is 0 Å². The number of allylic oxidation sites excluding steroid dienone is 1. The molecule has 0 saturated carbocycles. The van der Waals surface area contributed by atoms with E-state index in [1.807, 2.05) is 0 Å². The maximum atomic E-state index is 11.3. The fraction of sp³-hybridized carbons (Fsp3) is 0.636. The van der Waals surface area contributed by atoms with Gasteiger partial charge in [-0.25, -0.2) is 0 Å². The van der Waals surface area contributed by atoms with Crippen molar-refractivity contribution < 1.29 is 15.1 Å². The molecule has 0 aromatic rings. The van der Waals surface area contributed by atoms with E-state index >= 15 is 0 Å². The smallest absolute Gasteiger partial charge is 0.260 e. The Bertz CT molecular complexity index is 394. The van der Waals surface area contributed by atoms with Gasteiger partial charge in [0.25, 0.3) is 5.54 Å². The zero-order chi connectivity index (χ0) is 13.9. The standard InChI is InChI=1S/C11H19N3O4/c1-7-9(12)3-4-10(11(7,2)14(17)18)13-5-8(16)6-15/h3-4,8,10,13,15-16H,5-6,12H2,1-2H3. The Morgan fingerprint density at radius 2 is 2.33 bits per heavy atom. The minimum Gasteiger partial charge on any atom is -0.399 e. The van der Waals surface area contributed by atoms with Crippen LogP contribution in [-0.4, -0.2) is 46.0 Å². The number of hydrogen-bond acceptors (Lipinski definition) is 6. The molecule has 0 radical (unpaired) electrons. The van der Waals surface area contributed by atoms with Gasteiger partial charge in [-0.2, -0.15) is 0 Å². The average Bonchev–Trinajstić information content (AvgIpc) is 2.34. The molecule has 0 heterocycles. The summed E-state index contributed by atoms with van der Waals surface area (Å²) in [6.07, 6.45) is 2.27. The van der Waals surface area contributed by atoms with Gasteiger partial charge in [-0.3, -0.25) is 10.1 Å². The monoisotopic (exact) mass is 257 g/mol. The van der Waals surface area contributed by atoms with Crippen molar-refractivity contribution in [1.82, 2.24) is 5.32 Å². The second-order valence-electron chi connectivity index (χ2n) is 4.57. The third-order valence-corrected chi connectivity index (χ3v) is 3.43. The van der Waals surface area contributed by atoms with Gasteiger partial charge in [-0.15, -0.1) is 0 Å². The molecule has 18 heavy (non-hydrogen) atoms. The van der Waals surface area contributed by atoms with Gasteiger partial charge < -0.3 is 21.3 Å². The van der Waals surface area contributed by atoms with E-state index in [0.717, 1.165) is 0 Å². The van der Waals surface area contributed by atoms with Crippen molar-refractivity contribution in [2.45, 2.75) is 31.5 Å². The second-order valence-corrected chi connectivity index (χ2v) is 4.57. The minimum atomic E-state index is -1.35. The van der Waals surface area contributed by atoms with Crippen molar-refractivity contribution in [3.63, 3.8) is 0 Å². The zero-order valence-electron chi connectivity index (χ0n) is 10.5. The number of rotatable bonds is 5. The first-order valence-electron chi connectivity index (χ1n) is 5.65. The van der Waals surface area contributed by atoms with Crippen LogP contribution in [0.5, 0.6) is 0 Å². The molecule has 0 aromatic heterocycles. The first kappa shape index (κ1) is 14.6. The molecule has 0 aliphatic heterocycles. The molecule has 0 saturated heterocycles. The lowest BCUT2D eigenvalue weighted by Crippen LogP contribution is -2.56. The Kier molecular flexibility index (Phi) is 4.44. The van der Waals surface area contributed by atoms with Crippen molar-refractivity contribution in [2.24, 2.45) is 5.73 Å². The molecule has 1 aliphatic carbocycles. The molecule has 7 nitrogen and oxygen atoms in total. The summed E-state index contributed by atoms with van der Waals surface area (Å²) in [6.45, 7) is 2.79. The fourth-order valence-corrected chi connectivity index (χ4v) is 1.88. The number of nitro groups is 1. The summed E-state index contributed by atoms with van der Waals surface area (Å²) in [5.74, 6) is 0. The van der Waals surface area contributed by atoms with Crippen LogP contribution >= 0.6 is 0 Å². The highest BCUT2D eigenvalue weighted by Crippen LogP contribution is 2.30. The van der Waals surface area contributed by atoms with Gasteiger partial charge in [0.2, 0.25) is 0 Å². The highest BCUT2D eigenvalue weighted by Gasteiger charge is 2.48. The van der Waals surface area contributed by atoms with Crippen molar-refractivity contribution in [2.75, 3.05) is 13.2 Å². The summed E-state index contributed by atoms with van der Waals surface area (Å²) < 4.78 is 0. The van der Waals surface area contributed by atoms with Crippen LogP contribution in [0.4, 0.5) is 0 Å². The van der Waals surface area contributed by atoms with Crippen LogP contribution in [0.15, 0.2) is 23.4 Å². The van der Waals surface area contributed by atoms with Crippen LogP contribution in [0.25, 0.3) is 0 Å². The van der Waals surface area contributed by atoms with Gasteiger partial charge in [-0.05, 0) is 13.0 Å². The molecule has 0 bridgehead atoms. The first-order valence-corrected chi connectivity index (χ1v) is 5.65. The van der Waals surface area contributed by atoms with Gasteiger partial charge in [0.05, 0.1) is 12.7 Å². The van der Waals surface area contributed by atoms with E-state index in [1.165, 1.54) is 6.92 Å². The summed E-state index contributed by atoms with van der Waals surface area (Å²) in [7, 11) is 0. The van der Waals surface area contributed by atoms with E-state index in [4.69, 9.17) is 10.8 Å². The van der Waals surface area contributed by atoms with E-state index in [1.54, 1.807) is 19.1 Å². The SMILES string of the molecule is CC1=C(N)C=CC(NCC(O)CO)C1(C)[N+](=O)[O-]. The fourth-order valence-electron chi connectivity index (χ4n) is 1.88. The van der Waals surface area contributed by atoms with Gasteiger partial charge in [0.15, 0.2) is 0 Å². The van der Waals surface area contributed by atoms with E-state index in [9.17, 15) is 15.2 Å². The minimum absolute atomic E-state index is 0.0715. The summed E-state index contributed by atoms with van der Waals surface area (Å²) >= 11 is 0. The Hall–Kier alpha value is -1.44. The Labute approximate surface area is 105 Å². The number of aliphatic hydroxyl groups excluding tert-OH is 2. The molecule has 0 amide bonds.